The third-order valence-corrected chi connectivity index (χ3v) is 6.12. The molecule has 2 fully saturated rings. The molecule has 2 aromatic rings. The molecule has 0 saturated carbocycles. The monoisotopic (exact) mass is 409 g/mol. The van der Waals surface area contributed by atoms with Gasteiger partial charge >= 0.3 is 5.97 Å². The minimum Gasteiger partial charge on any atom is -0.468 e. The van der Waals surface area contributed by atoms with E-state index in [0.717, 1.165) is 6.54 Å². The van der Waals surface area contributed by atoms with Crippen LogP contribution < -0.4 is 4.90 Å². The second-order valence-electron chi connectivity index (χ2n) is 7.82. The summed E-state index contributed by atoms with van der Waals surface area (Å²) in [6, 6.07) is 15.9. The smallest absolute Gasteiger partial charge is 0.324 e. The Kier molecular flexibility index (Phi) is 5.39. The van der Waals surface area contributed by atoms with Crippen molar-refractivity contribution in [1.29, 1.82) is 5.41 Å². The fraction of sp³-hybridized carbons (Fsp3) is 0.348. The first kappa shape index (κ1) is 20.2. The number of carbonyl (C=O) groups is 2. The summed E-state index contributed by atoms with van der Waals surface area (Å²) in [6.07, 6.45) is 0.989. The van der Waals surface area contributed by atoms with Crippen molar-refractivity contribution in [3.63, 3.8) is 0 Å². The van der Waals surface area contributed by atoms with Crippen LogP contribution in [0.1, 0.15) is 18.4 Å². The van der Waals surface area contributed by atoms with E-state index in [1.165, 1.54) is 35.8 Å². The van der Waals surface area contributed by atoms with Crippen LogP contribution in [-0.2, 0) is 20.9 Å². The van der Waals surface area contributed by atoms with Gasteiger partial charge in [-0.2, -0.15) is 0 Å². The van der Waals surface area contributed by atoms with E-state index in [9.17, 15) is 14.0 Å². The third kappa shape index (κ3) is 3.39. The lowest BCUT2D eigenvalue weighted by Crippen LogP contribution is -2.56. The molecule has 0 aliphatic carbocycles. The predicted molar refractivity (Wildman–Crippen MR) is 111 cm³/mol. The lowest BCUT2D eigenvalue weighted by molar-refractivity contribution is -0.145. The molecule has 1 amide bonds. The predicted octanol–water partition coefficient (Wildman–Crippen LogP) is 3.02. The molecule has 30 heavy (non-hydrogen) atoms. The van der Waals surface area contributed by atoms with Crippen molar-refractivity contribution in [1.82, 2.24) is 4.90 Å². The van der Waals surface area contributed by atoms with Gasteiger partial charge in [-0.1, -0.05) is 36.4 Å². The maximum absolute atomic E-state index is 13.9. The first-order valence-electron chi connectivity index (χ1n) is 9.99. The van der Waals surface area contributed by atoms with Crippen LogP contribution in [0.2, 0.25) is 0 Å². The quantitative estimate of drug-likeness (QED) is 0.622. The molecule has 2 heterocycles. The highest BCUT2D eigenvalue weighted by Gasteiger charge is 2.59. The minimum atomic E-state index is -1.28. The van der Waals surface area contributed by atoms with Gasteiger partial charge in [-0.05, 0) is 36.6 Å². The van der Waals surface area contributed by atoms with E-state index >= 15 is 0 Å². The molecule has 0 aromatic heterocycles. The number of rotatable bonds is 4. The Morgan fingerprint density at radius 1 is 1.17 bits per heavy atom. The van der Waals surface area contributed by atoms with Gasteiger partial charge in [0, 0.05) is 25.3 Å². The van der Waals surface area contributed by atoms with Crippen LogP contribution in [0, 0.1) is 17.1 Å². The second-order valence-corrected chi connectivity index (χ2v) is 7.82. The van der Waals surface area contributed by atoms with E-state index in [1.54, 1.807) is 6.07 Å². The molecule has 0 radical (unpaired) electrons. The van der Waals surface area contributed by atoms with Gasteiger partial charge in [0.25, 0.3) is 0 Å². The van der Waals surface area contributed by atoms with Crippen LogP contribution in [0.4, 0.5) is 10.1 Å². The number of benzene rings is 2. The highest BCUT2D eigenvalue weighted by molar-refractivity contribution is 6.31. The van der Waals surface area contributed by atoms with Crippen molar-refractivity contribution in [2.45, 2.75) is 24.9 Å². The maximum Gasteiger partial charge on any atom is 0.324 e. The molecule has 2 saturated heterocycles. The van der Waals surface area contributed by atoms with Crippen LogP contribution in [0.5, 0.6) is 0 Å². The Balaban J connectivity index is 1.64. The molecule has 4 rings (SSSR count). The molecule has 6 nitrogen and oxygen atoms in total. The molecular formula is C23H24FN3O3. The number of piperidine rings is 1. The van der Waals surface area contributed by atoms with E-state index in [-0.39, 0.29) is 5.71 Å². The fourth-order valence-corrected chi connectivity index (χ4v) is 4.59. The zero-order valence-electron chi connectivity index (χ0n) is 16.8. The molecule has 2 aliphatic rings. The van der Waals surface area contributed by atoms with Gasteiger partial charge in [-0.3, -0.25) is 19.4 Å². The number of nitrogens with zero attached hydrogens (tertiary/aromatic N) is 2. The number of amides is 1. The van der Waals surface area contributed by atoms with Crippen LogP contribution in [0.3, 0.4) is 0 Å². The fourth-order valence-electron chi connectivity index (χ4n) is 4.59. The van der Waals surface area contributed by atoms with Crippen LogP contribution in [-0.4, -0.2) is 48.2 Å². The number of methoxy groups -OCH3 is 1. The van der Waals surface area contributed by atoms with Crippen molar-refractivity contribution in [3.8, 4) is 0 Å². The SMILES string of the molecule is COC(=O)C1C(=N)C2(CCN(Cc3ccccc3)CC2)N(c2cccc(F)c2)C1=O. The van der Waals surface area contributed by atoms with Crippen molar-refractivity contribution < 1.29 is 18.7 Å². The van der Waals surface area contributed by atoms with Crippen LogP contribution >= 0.6 is 0 Å². The summed E-state index contributed by atoms with van der Waals surface area (Å²) in [4.78, 5) is 29.3. The molecule has 1 spiro atoms. The molecule has 2 aliphatic heterocycles. The van der Waals surface area contributed by atoms with Gasteiger partial charge in [0.2, 0.25) is 5.91 Å². The lowest BCUT2D eigenvalue weighted by Gasteiger charge is -2.44. The summed E-state index contributed by atoms with van der Waals surface area (Å²) >= 11 is 0. The number of ether oxygens (including phenoxy) is 1. The zero-order valence-corrected chi connectivity index (χ0v) is 16.8. The third-order valence-electron chi connectivity index (χ3n) is 6.12. The van der Waals surface area contributed by atoms with Gasteiger partial charge in [0.1, 0.15) is 5.82 Å². The Hall–Kier alpha value is -3.06. The Morgan fingerprint density at radius 3 is 2.50 bits per heavy atom. The highest BCUT2D eigenvalue weighted by atomic mass is 19.1. The summed E-state index contributed by atoms with van der Waals surface area (Å²) in [5.74, 6) is -3.01. The first-order chi connectivity index (χ1) is 14.5. The van der Waals surface area contributed by atoms with E-state index in [2.05, 4.69) is 17.0 Å². The van der Waals surface area contributed by atoms with E-state index in [1.807, 2.05) is 18.2 Å². The van der Waals surface area contributed by atoms with Crippen molar-refractivity contribution >= 4 is 23.3 Å². The summed E-state index contributed by atoms with van der Waals surface area (Å²) in [5.41, 5.74) is 0.660. The molecule has 156 valence electrons. The molecule has 1 unspecified atom stereocenters. The van der Waals surface area contributed by atoms with Gasteiger partial charge in [-0.15, -0.1) is 0 Å². The number of hydrogen-bond donors (Lipinski definition) is 1. The Labute approximate surface area is 174 Å². The second kappa shape index (κ2) is 7.99. The Bertz CT molecular complexity index is 971. The van der Waals surface area contributed by atoms with Crippen LogP contribution in [0.15, 0.2) is 54.6 Å². The van der Waals surface area contributed by atoms with E-state index in [4.69, 9.17) is 10.1 Å². The summed E-state index contributed by atoms with van der Waals surface area (Å²) in [5, 5.41) is 8.76. The minimum absolute atomic E-state index is 0.0444. The van der Waals surface area contributed by atoms with Gasteiger partial charge in [0.05, 0.1) is 18.4 Å². The van der Waals surface area contributed by atoms with Crippen molar-refractivity contribution in [3.05, 3.63) is 66.0 Å². The standard InChI is InChI=1S/C23H24FN3O3/c1-30-22(29)19-20(25)23(27(21(19)28)18-9-5-8-17(24)14-18)10-12-26(13-11-23)15-16-6-3-2-4-7-16/h2-9,14,19,25H,10-13,15H2,1H3. The summed E-state index contributed by atoms with van der Waals surface area (Å²) in [6.45, 7) is 2.09. The largest absolute Gasteiger partial charge is 0.468 e. The molecule has 0 bridgehead atoms. The lowest BCUT2D eigenvalue weighted by atomic mass is 9.80. The van der Waals surface area contributed by atoms with Crippen molar-refractivity contribution in [2.24, 2.45) is 5.92 Å². The molecule has 7 heteroatoms. The number of likely N-dealkylation sites (tertiary alicyclic amines) is 1. The normalized spacial score (nSPS) is 21.3. The number of esters is 1. The first-order valence-corrected chi connectivity index (χ1v) is 9.99. The average Bonchev–Trinajstić information content (AvgIpc) is 2.96. The topological polar surface area (TPSA) is 73.7 Å². The van der Waals surface area contributed by atoms with E-state index < -0.39 is 29.2 Å². The average molecular weight is 409 g/mol. The van der Waals surface area contributed by atoms with E-state index in [0.29, 0.717) is 31.6 Å². The zero-order chi connectivity index (χ0) is 21.3. The summed E-state index contributed by atoms with van der Waals surface area (Å²) < 4.78 is 18.7. The number of anilines is 1. The number of nitrogens with one attached hydrogen (secondary N) is 1. The highest BCUT2D eigenvalue weighted by Crippen LogP contribution is 2.43. The maximum atomic E-state index is 13.9. The van der Waals surface area contributed by atoms with Gasteiger partial charge < -0.3 is 10.1 Å². The molecule has 2 aromatic carbocycles. The van der Waals surface area contributed by atoms with Gasteiger partial charge in [-0.25, -0.2) is 4.39 Å². The van der Waals surface area contributed by atoms with Crippen LogP contribution in [0.25, 0.3) is 0 Å². The number of carbonyl (C=O) groups excluding carboxylic acids is 2. The van der Waals surface area contributed by atoms with Gasteiger partial charge in [0.15, 0.2) is 5.92 Å². The molecule has 1 N–H and O–H groups in total. The van der Waals surface area contributed by atoms with Crippen molar-refractivity contribution in [2.75, 3.05) is 25.1 Å². The Morgan fingerprint density at radius 2 is 1.87 bits per heavy atom. The molecule has 1 atom stereocenters. The molecular weight excluding hydrogens is 385 g/mol. The number of halogens is 1. The summed E-state index contributed by atoms with van der Waals surface area (Å²) in [7, 11) is 1.21. The number of hydrogen-bond acceptors (Lipinski definition) is 5.